The summed E-state index contributed by atoms with van der Waals surface area (Å²) < 4.78 is 30.7. The third-order valence-electron chi connectivity index (χ3n) is 5.12. The molecular weight excluding hydrogens is 426 g/mol. The number of anilines is 1. The number of hydrogen-bond acceptors (Lipinski definition) is 5. The predicted octanol–water partition coefficient (Wildman–Crippen LogP) is 3.07. The van der Waals surface area contributed by atoms with Crippen molar-refractivity contribution >= 4 is 33.2 Å². The first-order valence-electron chi connectivity index (χ1n) is 9.76. The van der Waals surface area contributed by atoms with Crippen LogP contribution in [0.5, 0.6) is 5.75 Å². The predicted molar refractivity (Wildman–Crippen MR) is 119 cm³/mol. The van der Waals surface area contributed by atoms with Crippen molar-refractivity contribution < 1.29 is 17.9 Å². The molecule has 3 rings (SSSR count). The van der Waals surface area contributed by atoms with Crippen LogP contribution >= 0.6 is 11.6 Å². The maximum absolute atomic E-state index is 12.6. The molecule has 0 aromatic heterocycles. The van der Waals surface area contributed by atoms with E-state index < -0.39 is 10.0 Å². The molecule has 1 aliphatic heterocycles. The van der Waals surface area contributed by atoms with Gasteiger partial charge in [0, 0.05) is 43.3 Å². The number of nitrogens with one attached hydrogen (secondary N) is 1. The summed E-state index contributed by atoms with van der Waals surface area (Å²) in [6.45, 7) is 4.79. The topological polar surface area (TPSA) is 79.0 Å². The zero-order chi connectivity index (χ0) is 21.7. The van der Waals surface area contributed by atoms with E-state index in [1.54, 1.807) is 41.6 Å². The summed E-state index contributed by atoms with van der Waals surface area (Å²) in [5.74, 6) is 0.423. The molecule has 30 heavy (non-hydrogen) atoms. The number of sulfonamides is 1. The minimum atomic E-state index is -3.12. The third-order valence-corrected chi connectivity index (χ3v) is 7.24. The largest absolute Gasteiger partial charge is 0.495 e. The second-order valence-corrected chi connectivity index (χ2v) is 9.77. The Labute approximate surface area is 182 Å². The highest BCUT2D eigenvalue weighted by Crippen LogP contribution is 2.28. The quantitative estimate of drug-likeness (QED) is 0.699. The fraction of sp³-hybridized carbons (Fsp3) is 0.381. The average molecular weight is 452 g/mol. The van der Waals surface area contributed by atoms with Crippen molar-refractivity contribution in [3.8, 4) is 5.75 Å². The number of halogens is 1. The normalized spacial score (nSPS) is 15.7. The van der Waals surface area contributed by atoms with Gasteiger partial charge >= 0.3 is 0 Å². The molecule has 0 radical (unpaired) electrons. The highest BCUT2D eigenvalue weighted by Gasteiger charge is 2.25. The fourth-order valence-electron chi connectivity index (χ4n) is 3.34. The maximum Gasteiger partial charge on any atom is 0.255 e. The van der Waals surface area contributed by atoms with Crippen LogP contribution in [0.25, 0.3) is 0 Å². The molecule has 9 heteroatoms. The zero-order valence-corrected chi connectivity index (χ0v) is 18.7. The first kappa shape index (κ1) is 22.6. The van der Waals surface area contributed by atoms with Gasteiger partial charge in [0.2, 0.25) is 10.0 Å². The molecule has 1 heterocycles. The Balaban J connectivity index is 1.58. The van der Waals surface area contributed by atoms with E-state index in [1.165, 1.54) is 7.11 Å². The van der Waals surface area contributed by atoms with E-state index in [4.69, 9.17) is 16.3 Å². The lowest BCUT2D eigenvalue weighted by atomic mass is 10.1. The minimum Gasteiger partial charge on any atom is -0.495 e. The molecule has 0 aliphatic carbocycles. The number of hydrogen-bond donors (Lipinski definition) is 1. The maximum atomic E-state index is 12.6. The van der Waals surface area contributed by atoms with E-state index >= 15 is 0 Å². The Morgan fingerprint density at radius 3 is 2.37 bits per heavy atom. The Kier molecular flexibility index (Phi) is 7.36. The Bertz CT molecular complexity index is 988. The number of benzene rings is 2. The average Bonchev–Trinajstić information content (AvgIpc) is 2.75. The summed E-state index contributed by atoms with van der Waals surface area (Å²) in [4.78, 5) is 14.8. The Hall–Kier alpha value is -2.13. The van der Waals surface area contributed by atoms with Gasteiger partial charge in [-0.3, -0.25) is 9.69 Å². The van der Waals surface area contributed by atoms with E-state index in [0.29, 0.717) is 54.7 Å². The fourth-order valence-corrected chi connectivity index (χ4v) is 4.60. The van der Waals surface area contributed by atoms with Crippen molar-refractivity contribution in [3.63, 3.8) is 0 Å². The zero-order valence-electron chi connectivity index (χ0n) is 17.1. The lowest BCUT2D eigenvalue weighted by Gasteiger charge is -2.33. The Morgan fingerprint density at radius 2 is 1.77 bits per heavy atom. The minimum absolute atomic E-state index is 0.136. The molecule has 0 bridgehead atoms. The van der Waals surface area contributed by atoms with Crippen LogP contribution in [0.3, 0.4) is 0 Å². The van der Waals surface area contributed by atoms with Crippen LogP contribution in [0.4, 0.5) is 5.69 Å². The Morgan fingerprint density at radius 1 is 1.10 bits per heavy atom. The van der Waals surface area contributed by atoms with Gasteiger partial charge in [-0.2, -0.15) is 4.31 Å². The molecule has 162 valence electrons. The van der Waals surface area contributed by atoms with Crippen LogP contribution in [0.1, 0.15) is 22.8 Å². The molecule has 2 aromatic carbocycles. The number of ether oxygens (including phenoxy) is 1. The van der Waals surface area contributed by atoms with Crippen molar-refractivity contribution in [2.75, 3.05) is 44.4 Å². The van der Waals surface area contributed by atoms with Crippen LogP contribution in [0.15, 0.2) is 42.5 Å². The number of amides is 1. The van der Waals surface area contributed by atoms with Gasteiger partial charge in [-0.05, 0) is 42.8 Å². The van der Waals surface area contributed by atoms with E-state index in [9.17, 15) is 13.2 Å². The molecule has 1 fully saturated rings. The van der Waals surface area contributed by atoms with Gasteiger partial charge in [0.05, 0.1) is 18.6 Å². The van der Waals surface area contributed by atoms with Gasteiger partial charge in [-0.15, -0.1) is 0 Å². The summed E-state index contributed by atoms with van der Waals surface area (Å²) in [6.07, 6.45) is 0. The first-order chi connectivity index (χ1) is 14.3. The smallest absolute Gasteiger partial charge is 0.255 e. The van der Waals surface area contributed by atoms with Crippen molar-refractivity contribution in [1.82, 2.24) is 9.21 Å². The number of carbonyl (C=O) groups is 1. The SMILES string of the molecule is CCS(=O)(=O)N1CCN(Cc2ccc(C(=O)Nc3cc(Cl)ccc3OC)cc2)CC1. The summed E-state index contributed by atoms with van der Waals surface area (Å²) in [5, 5.41) is 3.33. The number of rotatable bonds is 7. The molecule has 0 atom stereocenters. The molecular formula is C21H26ClN3O4S. The molecule has 1 aliphatic rings. The van der Waals surface area contributed by atoms with Gasteiger partial charge in [0.25, 0.3) is 5.91 Å². The molecule has 0 saturated carbocycles. The van der Waals surface area contributed by atoms with Crippen molar-refractivity contribution in [1.29, 1.82) is 0 Å². The van der Waals surface area contributed by atoms with Gasteiger partial charge in [0.15, 0.2) is 0 Å². The molecule has 2 aromatic rings. The van der Waals surface area contributed by atoms with Crippen LogP contribution in [-0.4, -0.2) is 62.6 Å². The second-order valence-electron chi connectivity index (χ2n) is 7.07. The third kappa shape index (κ3) is 5.51. The van der Waals surface area contributed by atoms with E-state index in [2.05, 4.69) is 10.2 Å². The lowest BCUT2D eigenvalue weighted by molar-refractivity contribution is 0.102. The van der Waals surface area contributed by atoms with Crippen LogP contribution in [0.2, 0.25) is 5.02 Å². The highest BCUT2D eigenvalue weighted by atomic mass is 35.5. The second kappa shape index (κ2) is 9.78. The van der Waals surface area contributed by atoms with Crippen LogP contribution in [-0.2, 0) is 16.6 Å². The first-order valence-corrected chi connectivity index (χ1v) is 11.7. The number of piperazine rings is 1. The summed E-state index contributed by atoms with van der Waals surface area (Å²) in [5.41, 5.74) is 2.11. The number of nitrogens with zero attached hydrogens (tertiary/aromatic N) is 2. The summed E-state index contributed by atoms with van der Waals surface area (Å²) in [6, 6.07) is 12.4. The van der Waals surface area contributed by atoms with Crippen molar-refractivity contribution in [3.05, 3.63) is 58.6 Å². The monoisotopic (exact) mass is 451 g/mol. The summed E-state index contributed by atoms with van der Waals surface area (Å²) >= 11 is 6.01. The van der Waals surface area contributed by atoms with Crippen molar-refractivity contribution in [2.24, 2.45) is 0 Å². The molecule has 1 N–H and O–H groups in total. The van der Waals surface area contributed by atoms with Gasteiger partial charge < -0.3 is 10.1 Å². The molecule has 0 spiro atoms. The molecule has 7 nitrogen and oxygen atoms in total. The highest BCUT2D eigenvalue weighted by molar-refractivity contribution is 7.89. The van der Waals surface area contributed by atoms with Gasteiger partial charge in [-0.1, -0.05) is 23.7 Å². The van der Waals surface area contributed by atoms with E-state index in [1.807, 2.05) is 12.1 Å². The number of methoxy groups -OCH3 is 1. The van der Waals surface area contributed by atoms with E-state index in [-0.39, 0.29) is 11.7 Å². The standard InChI is InChI=1S/C21H26ClN3O4S/c1-3-30(27,28)25-12-10-24(11-13-25)15-16-4-6-17(7-5-16)21(26)23-19-14-18(22)8-9-20(19)29-2/h4-9,14H,3,10-13,15H2,1-2H3,(H,23,26). The molecule has 1 saturated heterocycles. The van der Waals surface area contributed by atoms with Crippen LogP contribution < -0.4 is 10.1 Å². The van der Waals surface area contributed by atoms with Crippen molar-refractivity contribution in [2.45, 2.75) is 13.5 Å². The van der Waals surface area contributed by atoms with Gasteiger partial charge in [0.1, 0.15) is 5.75 Å². The number of carbonyl (C=O) groups excluding carboxylic acids is 1. The molecule has 0 unspecified atom stereocenters. The lowest BCUT2D eigenvalue weighted by Crippen LogP contribution is -2.48. The summed E-state index contributed by atoms with van der Waals surface area (Å²) in [7, 11) is -1.59. The molecule has 1 amide bonds. The van der Waals surface area contributed by atoms with Gasteiger partial charge in [-0.25, -0.2) is 8.42 Å². The van der Waals surface area contributed by atoms with E-state index in [0.717, 1.165) is 5.56 Å². The van der Waals surface area contributed by atoms with Crippen LogP contribution in [0, 0.1) is 0 Å².